The van der Waals surface area contributed by atoms with Gasteiger partial charge in [-0.15, -0.1) is 0 Å². The Morgan fingerprint density at radius 3 is 1.68 bits per heavy atom. The number of ether oxygens (including phenoxy) is 1. The lowest BCUT2D eigenvalue weighted by atomic mass is 10.0. The Hall–Kier alpha value is -1.84. The van der Waals surface area contributed by atoms with Gasteiger partial charge in [-0.05, 0) is 64.2 Å². The van der Waals surface area contributed by atoms with Crippen molar-refractivity contribution in [3.05, 3.63) is 36.5 Å². The van der Waals surface area contributed by atoms with Crippen molar-refractivity contribution in [1.29, 1.82) is 0 Å². The van der Waals surface area contributed by atoms with E-state index in [9.17, 15) is 9.59 Å². The average Bonchev–Trinajstić information content (AvgIpc) is 2.93. The minimum atomic E-state index is -0.774. The zero-order chi connectivity index (χ0) is 29.4. The summed E-state index contributed by atoms with van der Waals surface area (Å²) in [5.74, 6) is -0.876. The summed E-state index contributed by atoms with van der Waals surface area (Å²) in [5, 5.41) is 8.96. The molecule has 0 aromatic rings. The van der Waals surface area contributed by atoms with Crippen molar-refractivity contribution in [3.8, 4) is 0 Å². The lowest BCUT2D eigenvalue weighted by molar-refractivity contribution is -0.150. The quantitative estimate of drug-likeness (QED) is 0.0539. The molecular formula is C36H64O4. The molecule has 0 aliphatic heterocycles. The molecule has 4 nitrogen and oxygen atoms in total. The van der Waals surface area contributed by atoms with Crippen LogP contribution in [0.5, 0.6) is 0 Å². The number of unbranched alkanes of at least 4 members (excludes halogenated alkanes) is 15. The van der Waals surface area contributed by atoms with Crippen molar-refractivity contribution in [3.63, 3.8) is 0 Å². The largest absolute Gasteiger partial charge is 0.481 e. The predicted octanol–water partition coefficient (Wildman–Crippen LogP) is 11.4. The molecule has 232 valence electrons. The first-order chi connectivity index (χ1) is 19.6. The van der Waals surface area contributed by atoms with Gasteiger partial charge >= 0.3 is 11.9 Å². The first-order valence-electron chi connectivity index (χ1n) is 17.0. The van der Waals surface area contributed by atoms with Crippen molar-refractivity contribution >= 4 is 11.9 Å². The zero-order valence-electron chi connectivity index (χ0n) is 26.4. The maximum Gasteiger partial charge on any atom is 0.306 e. The summed E-state index contributed by atoms with van der Waals surface area (Å²) in [4.78, 5) is 23.3. The standard InChI is InChI=1S/C36H64O4/c1-3-5-7-9-11-13-14-15-16-17-18-19-20-22-24-26-28-33-36(39)40-34(31-29-32-35(37)38)30-27-25-23-21-12-10-8-6-4-2/h5,7,11,13,15-16,34H,3-4,6,8-10,12,14,17-33H2,1-2H3,(H,37,38)/b7-5-,13-11-,16-15-. The fourth-order valence-electron chi connectivity index (χ4n) is 4.91. The van der Waals surface area contributed by atoms with E-state index in [4.69, 9.17) is 9.84 Å². The molecular weight excluding hydrogens is 496 g/mol. The third kappa shape index (κ3) is 30.7. The number of rotatable bonds is 30. The van der Waals surface area contributed by atoms with Gasteiger partial charge in [-0.3, -0.25) is 9.59 Å². The van der Waals surface area contributed by atoms with E-state index in [0.717, 1.165) is 44.9 Å². The normalized spacial score (nSPS) is 12.7. The highest BCUT2D eigenvalue weighted by atomic mass is 16.5. The van der Waals surface area contributed by atoms with Crippen LogP contribution in [-0.4, -0.2) is 23.1 Å². The molecule has 0 heterocycles. The van der Waals surface area contributed by atoms with Gasteiger partial charge in [-0.25, -0.2) is 0 Å². The van der Waals surface area contributed by atoms with E-state index < -0.39 is 5.97 Å². The number of esters is 1. The molecule has 1 N–H and O–H groups in total. The van der Waals surface area contributed by atoms with Gasteiger partial charge in [-0.2, -0.15) is 0 Å². The number of carboxylic acids is 1. The van der Waals surface area contributed by atoms with E-state index in [1.165, 1.54) is 89.9 Å². The Bertz CT molecular complexity index is 649. The van der Waals surface area contributed by atoms with Crippen LogP contribution >= 0.6 is 0 Å². The number of carbonyl (C=O) groups excluding carboxylic acids is 1. The van der Waals surface area contributed by atoms with Gasteiger partial charge in [0.05, 0.1) is 0 Å². The van der Waals surface area contributed by atoms with Crippen LogP contribution in [0.2, 0.25) is 0 Å². The molecule has 0 saturated carbocycles. The summed E-state index contributed by atoms with van der Waals surface area (Å²) in [5.41, 5.74) is 0. The number of hydrogen-bond acceptors (Lipinski definition) is 3. The van der Waals surface area contributed by atoms with Crippen molar-refractivity contribution in [2.45, 2.75) is 180 Å². The number of hydrogen-bond donors (Lipinski definition) is 1. The van der Waals surface area contributed by atoms with Gasteiger partial charge < -0.3 is 9.84 Å². The van der Waals surface area contributed by atoms with Gasteiger partial charge in [0, 0.05) is 12.8 Å². The molecule has 0 saturated heterocycles. The zero-order valence-corrected chi connectivity index (χ0v) is 26.4. The SMILES string of the molecule is CC/C=C\C/C=C\C/C=C\CCCCCCCCCC(=O)OC(CCCCCCCCCCC)CCCC(=O)O. The van der Waals surface area contributed by atoms with E-state index in [0.29, 0.717) is 19.3 Å². The van der Waals surface area contributed by atoms with Crippen LogP contribution in [0.25, 0.3) is 0 Å². The average molecular weight is 561 g/mol. The molecule has 0 aromatic heterocycles. The highest BCUT2D eigenvalue weighted by Crippen LogP contribution is 2.17. The van der Waals surface area contributed by atoms with Crippen molar-refractivity contribution in [2.24, 2.45) is 0 Å². The molecule has 0 radical (unpaired) electrons. The molecule has 0 bridgehead atoms. The van der Waals surface area contributed by atoms with Crippen LogP contribution in [0.15, 0.2) is 36.5 Å². The Morgan fingerprint density at radius 2 is 1.07 bits per heavy atom. The van der Waals surface area contributed by atoms with Crippen LogP contribution < -0.4 is 0 Å². The van der Waals surface area contributed by atoms with Gasteiger partial charge in [-0.1, -0.05) is 134 Å². The van der Waals surface area contributed by atoms with E-state index >= 15 is 0 Å². The molecule has 0 spiro atoms. The lowest BCUT2D eigenvalue weighted by Crippen LogP contribution is -2.18. The molecule has 1 atom stereocenters. The summed E-state index contributed by atoms with van der Waals surface area (Å²) >= 11 is 0. The molecule has 0 amide bonds. The maximum atomic E-state index is 12.4. The first kappa shape index (κ1) is 38.2. The van der Waals surface area contributed by atoms with E-state index in [2.05, 4.69) is 50.3 Å². The number of carbonyl (C=O) groups is 2. The Kier molecular flexibility index (Phi) is 30.2. The second kappa shape index (κ2) is 31.7. The van der Waals surface area contributed by atoms with E-state index in [1.807, 2.05) is 0 Å². The van der Waals surface area contributed by atoms with Crippen LogP contribution in [0.4, 0.5) is 0 Å². The minimum Gasteiger partial charge on any atom is -0.481 e. The smallest absolute Gasteiger partial charge is 0.306 e. The monoisotopic (exact) mass is 560 g/mol. The Labute approximate surface area is 248 Å². The Balaban J connectivity index is 3.83. The van der Waals surface area contributed by atoms with Gasteiger partial charge in [0.2, 0.25) is 0 Å². The molecule has 4 heteroatoms. The molecule has 0 aromatic carbocycles. The summed E-state index contributed by atoms with van der Waals surface area (Å²) in [6.07, 6.45) is 40.1. The van der Waals surface area contributed by atoms with E-state index in [-0.39, 0.29) is 18.5 Å². The molecule has 40 heavy (non-hydrogen) atoms. The number of aliphatic carboxylic acids is 1. The van der Waals surface area contributed by atoms with Gasteiger partial charge in [0.25, 0.3) is 0 Å². The van der Waals surface area contributed by atoms with Crippen LogP contribution in [0.3, 0.4) is 0 Å². The fourth-order valence-corrected chi connectivity index (χ4v) is 4.91. The van der Waals surface area contributed by atoms with Crippen molar-refractivity contribution in [1.82, 2.24) is 0 Å². The van der Waals surface area contributed by atoms with Crippen LogP contribution in [0, 0.1) is 0 Å². The molecule has 0 fully saturated rings. The van der Waals surface area contributed by atoms with Gasteiger partial charge in [0.1, 0.15) is 6.10 Å². The van der Waals surface area contributed by atoms with Crippen molar-refractivity contribution in [2.75, 3.05) is 0 Å². The highest BCUT2D eigenvalue weighted by Gasteiger charge is 2.15. The van der Waals surface area contributed by atoms with Gasteiger partial charge in [0.15, 0.2) is 0 Å². The summed E-state index contributed by atoms with van der Waals surface area (Å²) in [7, 11) is 0. The maximum absolute atomic E-state index is 12.4. The predicted molar refractivity (Wildman–Crippen MR) is 172 cm³/mol. The minimum absolute atomic E-state index is 0.102. The summed E-state index contributed by atoms with van der Waals surface area (Å²) < 4.78 is 5.79. The highest BCUT2D eigenvalue weighted by molar-refractivity contribution is 5.69. The molecule has 0 aliphatic rings. The second-order valence-electron chi connectivity index (χ2n) is 11.3. The molecule has 0 rings (SSSR count). The van der Waals surface area contributed by atoms with Crippen LogP contribution in [0.1, 0.15) is 174 Å². The Morgan fingerprint density at radius 1 is 0.575 bits per heavy atom. The topological polar surface area (TPSA) is 63.6 Å². The molecule has 1 unspecified atom stereocenters. The number of allylic oxidation sites excluding steroid dienone is 6. The molecule has 0 aliphatic carbocycles. The first-order valence-corrected chi connectivity index (χ1v) is 17.0. The second-order valence-corrected chi connectivity index (χ2v) is 11.3. The van der Waals surface area contributed by atoms with Crippen molar-refractivity contribution < 1.29 is 19.4 Å². The number of carboxylic acid groups (broad SMARTS) is 1. The lowest BCUT2D eigenvalue weighted by Gasteiger charge is -2.18. The fraction of sp³-hybridized carbons (Fsp3) is 0.778. The summed E-state index contributed by atoms with van der Waals surface area (Å²) in [6.45, 7) is 4.41. The third-order valence-corrected chi connectivity index (χ3v) is 7.38. The third-order valence-electron chi connectivity index (χ3n) is 7.38. The van der Waals surface area contributed by atoms with E-state index in [1.54, 1.807) is 0 Å². The van der Waals surface area contributed by atoms with Crippen LogP contribution in [-0.2, 0) is 14.3 Å². The summed E-state index contributed by atoms with van der Waals surface area (Å²) in [6, 6.07) is 0.